The van der Waals surface area contributed by atoms with Crippen LogP contribution in [0.15, 0.2) is 39.3 Å². The number of benzene rings is 2. The Bertz CT molecular complexity index is 662. The molecule has 0 aromatic heterocycles. The van der Waals surface area contributed by atoms with Crippen molar-refractivity contribution in [1.29, 1.82) is 0 Å². The highest BCUT2D eigenvalue weighted by Gasteiger charge is 2.18. The highest BCUT2D eigenvalue weighted by atomic mass is 79.9. The topological polar surface area (TPSA) is 18.5 Å². The third-order valence-corrected chi connectivity index (χ3v) is 5.40. The van der Waals surface area contributed by atoms with Gasteiger partial charge in [0, 0.05) is 8.95 Å². The van der Waals surface area contributed by atoms with Crippen molar-refractivity contribution in [1.82, 2.24) is 0 Å². The van der Waals surface area contributed by atoms with Crippen molar-refractivity contribution in [3.8, 4) is 11.5 Å². The third kappa shape index (κ3) is 3.67. The van der Waals surface area contributed by atoms with E-state index in [0.29, 0.717) is 16.5 Å². The number of rotatable bonds is 4. The van der Waals surface area contributed by atoms with E-state index in [0.717, 1.165) is 20.1 Å². The van der Waals surface area contributed by atoms with Crippen LogP contribution in [0.2, 0.25) is 5.02 Å². The second kappa shape index (κ2) is 7.23. The lowest BCUT2D eigenvalue weighted by Crippen LogP contribution is -1.98. The molecule has 0 fully saturated rings. The summed E-state index contributed by atoms with van der Waals surface area (Å²) < 4.78 is 12.3. The molecule has 2 nitrogen and oxygen atoms in total. The number of alkyl halides is 1. The SMILES string of the molecule is COc1cc(Br)c(C(Cl)c2ccc(Cl)c(Br)c2)cc1OC. The largest absolute Gasteiger partial charge is 0.493 e. The minimum atomic E-state index is -0.340. The second-order valence-corrected chi connectivity index (χ2v) is 6.82. The first kappa shape index (κ1) is 16.9. The standard InChI is InChI=1S/C15H12Br2Cl2O2/c1-20-13-6-9(10(16)7-14(13)21-2)15(19)8-3-4-12(18)11(17)5-8/h3-7,15H,1-2H3. The molecule has 2 aromatic carbocycles. The van der Waals surface area contributed by atoms with Crippen LogP contribution in [-0.4, -0.2) is 14.2 Å². The van der Waals surface area contributed by atoms with Gasteiger partial charge in [0.25, 0.3) is 0 Å². The summed E-state index contributed by atoms with van der Waals surface area (Å²) >= 11 is 19.5. The zero-order chi connectivity index (χ0) is 15.6. The summed E-state index contributed by atoms with van der Waals surface area (Å²) in [5.41, 5.74) is 1.82. The van der Waals surface area contributed by atoms with Crippen molar-refractivity contribution < 1.29 is 9.47 Å². The average molecular weight is 455 g/mol. The molecule has 112 valence electrons. The number of ether oxygens (including phenoxy) is 2. The lowest BCUT2D eigenvalue weighted by Gasteiger charge is -2.16. The van der Waals surface area contributed by atoms with Gasteiger partial charge in [-0.25, -0.2) is 0 Å². The quantitative estimate of drug-likeness (QED) is 0.511. The summed E-state index contributed by atoms with van der Waals surface area (Å²) in [5, 5.41) is 0.307. The molecule has 0 saturated heterocycles. The second-order valence-electron chi connectivity index (χ2n) is 4.26. The molecule has 0 amide bonds. The van der Waals surface area contributed by atoms with Gasteiger partial charge in [0.05, 0.1) is 24.6 Å². The van der Waals surface area contributed by atoms with Gasteiger partial charge in [-0.05, 0) is 51.3 Å². The first-order valence-electron chi connectivity index (χ1n) is 5.98. The predicted molar refractivity (Wildman–Crippen MR) is 94.1 cm³/mol. The predicted octanol–water partition coefficient (Wildman–Crippen LogP) is 6.21. The van der Waals surface area contributed by atoms with Crippen LogP contribution >= 0.6 is 55.1 Å². The fraction of sp³-hybridized carbons (Fsp3) is 0.200. The molecule has 0 radical (unpaired) electrons. The van der Waals surface area contributed by atoms with Gasteiger partial charge in [-0.1, -0.05) is 33.6 Å². The summed E-state index contributed by atoms with van der Waals surface area (Å²) in [6, 6.07) is 9.32. The number of methoxy groups -OCH3 is 2. The van der Waals surface area contributed by atoms with Gasteiger partial charge in [0.1, 0.15) is 0 Å². The van der Waals surface area contributed by atoms with Crippen LogP contribution in [0.25, 0.3) is 0 Å². The fourth-order valence-corrected chi connectivity index (χ4v) is 3.43. The van der Waals surface area contributed by atoms with Crippen LogP contribution < -0.4 is 9.47 Å². The van der Waals surface area contributed by atoms with Gasteiger partial charge in [-0.2, -0.15) is 0 Å². The molecule has 6 heteroatoms. The Balaban J connectivity index is 2.47. The maximum atomic E-state index is 6.60. The maximum Gasteiger partial charge on any atom is 0.161 e. The zero-order valence-corrected chi connectivity index (χ0v) is 16.0. The molecule has 2 aromatic rings. The molecule has 0 heterocycles. The van der Waals surface area contributed by atoms with E-state index in [4.69, 9.17) is 32.7 Å². The average Bonchev–Trinajstić information content (AvgIpc) is 2.49. The van der Waals surface area contributed by atoms with Crippen LogP contribution in [0, 0.1) is 0 Å². The normalized spacial score (nSPS) is 12.1. The first-order chi connectivity index (χ1) is 9.97. The maximum absolute atomic E-state index is 6.60. The van der Waals surface area contributed by atoms with E-state index < -0.39 is 0 Å². The van der Waals surface area contributed by atoms with Crippen molar-refractivity contribution in [2.45, 2.75) is 5.38 Å². The molecule has 0 spiro atoms. The minimum absolute atomic E-state index is 0.340. The van der Waals surface area contributed by atoms with Gasteiger partial charge >= 0.3 is 0 Å². The van der Waals surface area contributed by atoms with E-state index in [1.165, 1.54) is 0 Å². The van der Waals surface area contributed by atoms with Crippen molar-refractivity contribution in [2.24, 2.45) is 0 Å². The Labute approximate surface area is 150 Å². The van der Waals surface area contributed by atoms with Crippen molar-refractivity contribution >= 4 is 55.1 Å². The molecule has 2 rings (SSSR count). The van der Waals surface area contributed by atoms with E-state index in [-0.39, 0.29) is 5.38 Å². The molecule has 0 aliphatic carbocycles. The smallest absolute Gasteiger partial charge is 0.161 e. The van der Waals surface area contributed by atoms with Crippen LogP contribution in [0.4, 0.5) is 0 Å². The zero-order valence-electron chi connectivity index (χ0n) is 11.3. The monoisotopic (exact) mass is 452 g/mol. The van der Waals surface area contributed by atoms with Crippen molar-refractivity contribution in [2.75, 3.05) is 14.2 Å². The summed E-state index contributed by atoms with van der Waals surface area (Å²) in [6.45, 7) is 0. The highest BCUT2D eigenvalue weighted by Crippen LogP contribution is 2.41. The molecule has 0 bridgehead atoms. The van der Waals surface area contributed by atoms with Gasteiger partial charge in [0.2, 0.25) is 0 Å². The van der Waals surface area contributed by atoms with Gasteiger partial charge in [0.15, 0.2) is 11.5 Å². The Morgan fingerprint density at radius 3 is 2.14 bits per heavy atom. The van der Waals surface area contributed by atoms with Gasteiger partial charge < -0.3 is 9.47 Å². The fourth-order valence-electron chi connectivity index (χ4n) is 1.91. The van der Waals surface area contributed by atoms with Crippen molar-refractivity contribution in [3.63, 3.8) is 0 Å². The molecule has 0 aliphatic heterocycles. The third-order valence-electron chi connectivity index (χ3n) is 3.01. The van der Waals surface area contributed by atoms with Crippen LogP contribution in [0.1, 0.15) is 16.5 Å². The highest BCUT2D eigenvalue weighted by molar-refractivity contribution is 9.10. The Kier molecular flexibility index (Phi) is 5.83. The van der Waals surface area contributed by atoms with Gasteiger partial charge in [-0.15, -0.1) is 11.6 Å². The molecule has 0 aliphatic rings. The summed E-state index contributed by atoms with van der Waals surface area (Å²) in [7, 11) is 3.19. The molecule has 0 saturated carbocycles. The summed E-state index contributed by atoms with van der Waals surface area (Å²) in [5.74, 6) is 1.28. The summed E-state index contributed by atoms with van der Waals surface area (Å²) in [6.07, 6.45) is 0. The Morgan fingerprint density at radius 2 is 1.57 bits per heavy atom. The van der Waals surface area contributed by atoms with E-state index in [1.54, 1.807) is 14.2 Å². The molecule has 1 atom stereocenters. The Morgan fingerprint density at radius 1 is 0.952 bits per heavy atom. The minimum Gasteiger partial charge on any atom is -0.493 e. The van der Waals surface area contributed by atoms with Gasteiger partial charge in [-0.3, -0.25) is 0 Å². The number of hydrogen-bond donors (Lipinski definition) is 0. The van der Waals surface area contributed by atoms with E-state index >= 15 is 0 Å². The summed E-state index contributed by atoms with van der Waals surface area (Å²) in [4.78, 5) is 0. The van der Waals surface area contributed by atoms with E-state index in [1.807, 2.05) is 30.3 Å². The van der Waals surface area contributed by atoms with E-state index in [2.05, 4.69) is 31.9 Å². The molecular weight excluding hydrogens is 443 g/mol. The van der Waals surface area contributed by atoms with Crippen LogP contribution in [0.5, 0.6) is 11.5 Å². The molecule has 1 unspecified atom stereocenters. The molecular formula is C15H12Br2Cl2O2. The number of hydrogen-bond acceptors (Lipinski definition) is 2. The van der Waals surface area contributed by atoms with Crippen LogP contribution in [-0.2, 0) is 0 Å². The Hall–Kier alpha value is -0.420. The van der Waals surface area contributed by atoms with Crippen molar-refractivity contribution in [3.05, 3.63) is 55.4 Å². The van der Waals surface area contributed by atoms with Crippen LogP contribution in [0.3, 0.4) is 0 Å². The lowest BCUT2D eigenvalue weighted by atomic mass is 10.0. The molecule has 0 N–H and O–H groups in total. The van der Waals surface area contributed by atoms with E-state index in [9.17, 15) is 0 Å². The first-order valence-corrected chi connectivity index (χ1v) is 8.38. The molecule has 21 heavy (non-hydrogen) atoms. The lowest BCUT2D eigenvalue weighted by molar-refractivity contribution is 0.354. The number of halogens is 4.